The summed E-state index contributed by atoms with van der Waals surface area (Å²) in [5.41, 5.74) is 1.29. The first-order valence-corrected chi connectivity index (χ1v) is 11.4. The normalized spacial score (nSPS) is 14.5. The van der Waals surface area contributed by atoms with Crippen LogP contribution in [0.25, 0.3) is 0 Å². The van der Waals surface area contributed by atoms with Crippen LogP contribution in [0, 0.1) is 0 Å². The maximum atomic E-state index is 6.31. The fraction of sp³-hybridized carbons (Fsp3) is 0.333. The summed E-state index contributed by atoms with van der Waals surface area (Å²) in [6, 6.07) is 26.6. The van der Waals surface area contributed by atoms with Crippen LogP contribution < -0.4 is 14.8 Å². The highest BCUT2D eigenvalue weighted by Gasteiger charge is 2.23. The highest BCUT2D eigenvalue weighted by atomic mass is 35.5. The van der Waals surface area contributed by atoms with Crippen molar-refractivity contribution in [3.63, 3.8) is 0 Å². The number of unbranched alkanes of at least 4 members (excludes halogenated alkanes) is 1. The molecule has 33 heavy (non-hydrogen) atoms. The Labute approximate surface area is 210 Å². The predicted octanol–water partition coefficient (Wildman–Crippen LogP) is 7.25. The van der Waals surface area contributed by atoms with E-state index in [9.17, 15) is 0 Å². The third-order valence-electron chi connectivity index (χ3n) is 5.72. The summed E-state index contributed by atoms with van der Waals surface area (Å²) in [5, 5.41) is 3.47. The molecule has 3 aromatic rings. The Morgan fingerprint density at radius 3 is 1.94 bits per heavy atom. The van der Waals surface area contributed by atoms with Crippen molar-refractivity contribution >= 4 is 24.8 Å². The lowest BCUT2D eigenvalue weighted by molar-refractivity contribution is 0.163. The Bertz CT molecular complexity index is 935. The monoisotopic (exact) mass is 488 g/mol. The van der Waals surface area contributed by atoms with E-state index >= 15 is 0 Å². The number of piperazine rings is 1. The van der Waals surface area contributed by atoms with Gasteiger partial charge in [-0.05, 0) is 48.4 Å². The molecule has 1 atom stereocenters. The summed E-state index contributed by atoms with van der Waals surface area (Å²) in [6.45, 7) is 6.50. The zero-order chi connectivity index (χ0) is 21.3. The minimum absolute atomic E-state index is 0. The van der Waals surface area contributed by atoms with Crippen LogP contribution >= 0.6 is 24.8 Å². The number of hydrogen-bond acceptors (Lipinski definition) is 4. The number of halogens is 2. The topological polar surface area (TPSA) is 33.7 Å². The van der Waals surface area contributed by atoms with E-state index in [-0.39, 0.29) is 24.8 Å². The Hall–Kier alpha value is -2.24. The van der Waals surface area contributed by atoms with Crippen molar-refractivity contribution in [2.24, 2.45) is 0 Å². The standard InChI is InChI=1S/C27H32N2O2.2ClH/c1-2-3-14-25(29-19-17-28-18-20-29)22-15-16-26(30-23-10-6-4-7-11-23)27(21-22)31-24-12-8-5-9-13-24;;/h4-13,15-16,21,25,28H,2-3,14,17-20H2,1H3;2*1H/t25-;;/m1../s1. The average Bonchev–Trinajstić information content (AvgIpc) is 2.83. The maximum Gasteiger partial charge on any atom is 0.170 e. The average molecular weight is 489 g/mol. The van der Waals surface area contributed by atoms with Gasteiger partial charge in [0.1, 0.15) is 11.5 Å². The van der Waals surface area contributed by atoms with Gasteiger partial charge in [-0.15, -0.1) is 24.8 Å². The molecular weight excluding hydrogens is 455 g/mol. The van der Waals surface area contributed by atoms with Gasteiger partial charge in [-0.1, -0.05) is 62.2 Å². The predicted molar refractivity (Wildman–Crippen MR) is 141 cm³/mol. The summed E-state index contributed by atoms with van der Waals surface area (Å²) in [6.07, 6.45) is 3.57. The van der Waals surface area contributed by atoms with Crippen molar-refractivity contribution < 1.29 is 9.47 Å². The summed E-state index contributed by atoms with van der Waals surface area (Å²) >= 11 is 0. The quantitative estimate of drug-likeness (QED) is 0.343. The molecule has 6 heteroatoms. The van der Waals surface area contributed by atoms with Crippen LogP contribution in [0.4, 0.5) is 0 Å². The van der Waals surface area contributed by atoms with Crippen LogP contribution in [-0.4, -0.2) is 31.1 Å². The summed E-state index contributed by atoms with van der Waals surface area (Å²) in [7, 11) is 0. The SMILES string of the molecule is CCCC[C@H](c1ccc(Oc2ccccc2)c(Oc2ccccc2)c1)N1CCNCC1.Cl.Cl. The zero-order valence-electron chi connectivity index (χ0n) is 19.1. The van der Waals surface area contributed by atoms with Gasteiger partial charge in [-0.2, -0.15) is 0 Å². The van der Waals surface area contributed by atoms with E-state index in [4.69, 9.17) is 9.47 Å². The Balaban J connectivity index is 0.00000193. The zero-order valence-corrected chi connectivity index (χ0v) is 20.7. The molecule has 4 rings (SSSR count). The molecule has 3 aromatic carbocycles. The van der Waals surface area contributed by atoms with Gasteiger partial charge in [-0.3, -0.25) is 4.90 Å². The third-order valence-corrected chi connectivity index (χ3v) is 5.72. The molecule has 1 heterocycles. The van der Waals surface area contributed by atoms with E-state index in [2.05, 4.69) is 35.3 Å². The number of benzene rings is 3. The molecule has 4 nitrogen and oxygen atoms in total. The van der Waals surface area contributed by atoms with E-state index in [1.807, 2.05) is 60.7 Å². The summed E-state index contributed by atoms with van der Waals surface area (Å²) in [5.74, 6) is 3.10. The molecule has 0 aliphatic carbocycles. The van der Waals surface area contributed by atoms with Crippen molar-refractivity contribution in [1.29, 1.82) is 0 Å². The highest BCUT2D eigenvalue weighted by Crippen LogP contribution is 2.39. The molecule has 0 saturated carbocycles. The first-order valence-electron chi connectivity index (χ1n) is 11.4. The second-order valence-corrected chi connectivity index (χ2v) is 7.98. The van der Waals surface area contributed by atoms with E-state index in [1.165, 1.54) is 18.4 Å². The molecule has 178 valence electrons. The Morgan fingerprint density at radius 1 is 0.788 bits per heavy atom. The lowest BCUT2D eigenvalue weighted by atomic mass is 9.98. The molecule has 1 aliphatic heterocycles. The van der Waals surface area contributed by atoms with Crippen molar-refractivity contribution in [2.45, 2.75) is 32.2 Å². The molecule has 0 bridgehead atoms. The molecule has 1 fully saturated rings. The molecule has 1 aliphatic rings. The summed E-state index contributed by atoms with van der Waals surface area (Å²) in [4.78, 5) is 2.60. The molecule has 0 unspecified atom stereocenters. The smallest absolute Gasteiger partial charge is 0.170 e. The first kappa shape index (κ1) is 27.0. The number of nitrogens with zero attached hydrogens (tertiary/aromatic N) is 1. The molecule has 0 radical (unpaired) electrons. The summed E-state index contributed by atoms with van der Waals surface area (Å²) < 4.78 is 12.5. The number of hydrogen-bond donors (Lipinski definition) is 1. The van der Waals surface area contributed by atoms with E-state index in [1.54, 1.807) is 0 Å². The van der Waals surface area contributed by atoms with Crippen molar-refractivity contribution in [1.82, 2.24) is 10.2 Å². The third kappa shape index (κ3) is 7.65. The van der Waals surface area contributed by atoms with Gasteiger partial charge in [0.15, 0.2) is 11.5 Å². The van der Waals surface area contributed by atoms with E-state index < -0.39 is 0 Å². The minimum atomic E-state index is 0. The van der Waals surface area contributed by atoms with Crippen molar-refractivity contribution in [3.05, 3.63) is 84.4 Å². The number of ether oxygens (including phenoxy) is 2. The highest BCUT2D eigenvalue weighted by molar-refractivity contribution is 5.85. The van der Waals surface area contributed by atoms with Crippen LogP contribution in [-0.2, 0) is 0 Å². The minimum Gasteiger partial charge on any atom is -0.453 e. The van der Waals surface area contributed by atoms with Gasteiger partial charge in [0.05, 0.1) is 0 Å². The van der Waals surface area contributed by atoms with Gasteiger partial charge < -0.3 is 14.8 Å². The largest absolute Gasteiger partial charge is 0.453 e. The lowest BCUT2D eigenvalue weighted by Crippen LogP contribution is -2.45. The Morgan fingerprint density at radius 2 is 1.36 bits per heavy atom. The van der Waals surface area contributed by atoms with Crippen LogP contribution in [0.2, 0.25) is 0 Å². The number of nitrogens with one attached hydrogen (secondary N) is 1. The van der Waals surface area contributed by atoms with Crippen molar-refractivity contribution in [2.75, 3.05) is 26.2 Å². The molecule has 0 spiro atoms. The second kappa shape index (κ2) is 14.1. The fourth-order valence-electron chi connectivity index (χ4n) is 4.08. The van der Waals surface area contributed by atoms with Crippen LogP contribution in [0.3, 0.4) is 0 Å². The number of para-hydroxylation sites is 2. The lowest BCUT2D eigenvalue weighted by Gasteiger charge is -2.35. The first-order chi connectivity index (χ1) is 15.3. The van der Waals surface area contributed by atoms with Gasteiger partial charge in [-0.25, -0.2) is 0 Å². The molecule has 1 saturated heterocycles. The van der Waals surface area contributed by atoms with Crippen LogP contribution in [0.15, 0.2) is 78.9 Å². The van der Waals surface area contributed by atoms with Gasteiger partial charge in [0.2, 0.25) is 0 Å². The maximum absolute atomic E-state index is 6.31. The number of rotatable bonds is 9. The van der Waals surface area contributed by atoms with Gasteiger partial charge >= 0.3 is 0 Å². The van der Waals surface area contributed by atoms with E-state index in [0.717, 1.165) is 55.6 Å². The molecule has 0 aromatic heterocycles. The Kier molecular flexibility index (Phi) is 11.6. The van der Waals surface area contributed by atoms with Gasteiger partial charge in [0.25, 0.3) is 0 Å². The molecular formula is C27H34Cl2N2O2. The fourth-order valence-corrected chi connectivity index (χ4v) is 4.08. The second-order valence-electron chi connectivity index (χ2n) is 7.98. The van der Waals surface area contributed by atoms with Gasteiger partial charge in [0, 0.05) is 32.2 Å². The van der Waals surface area contributed by atoms with Crippen molar-refractivity contribution in [3.8, 4) is 23.0 Å². The van der Waals surface area contributed by atoms with Crippen LogP contribution in [0.1, 0.15) is 37.8 Å². The van der Waals surface area contributed by atoms with Crippen LogP contribution in [0.5, 0.6) is 23.0 Å². The molecule has 1 N–H and O–H groups in total. The van der Waals surface area contributed by atoms with E-state index in [0.29, 0.717) is 6.04 Å². The molecule has 0 amide bonds.